The molecule has 7 nitrogen and oxygen atoms in total. The fourth-order valence-electron chi connectivity index (χ4n) is 4.34. The Bertz CT molecular complexity index is 998. The van der Waals surface area contributed by atoms with Crippen molar-refractivity contribution in [3.63, 3.8) is 0 Å². The number of nitrogens with one attached hydrogen (secondary N) is 2. The fourth-order valence-corrected chi connectivity index (χ4v) is 4.34. The van der Waals surface area contributed by atoms with Crippen molar-refractivity contribution < 1.29 is 24.2 Å². The summed E-state index contributed by atoms with van der Waals surface area (Å²) in [7, 11) is 0. The lowest BCUT2D eigenvalue weighted by molar-refractivity contribution is -0.137. The number of carboxylic acid groups (broad SMARTS) is 1. The van der Waals surface area contributed by atoms with Crippen LogP contribution in [0.5, 0.6) is 0 Å². The van der Waals surface area contributed by atoms with Gasteiger partial charge in [0, 0.05) is 24.4 Å². The maximum Gasteiger partial charge on any atom is 0.407 e. The zero-order valence-electron chi connectivity index (χ0n) is 20.3. The van der Waals surface area contributed by atoms with Crippen LogP contribution in [0.2, 0.25) is 0 Å². The lowest BCUT2D eigenvalue weighted by Gasteiger charge is -2.31. The third-order valence-electron chi connectivity index (χ3n) is 6.35. The van der Waals surface area contributed by atoms with Gasteiger partial charge in [0.1, 0.15) is 6.61 Å². The van der Waals surface area contributed by atoms with Crippen LogP contribution in [-0.2, 0) is 14.3 Å². The van der Waals surface area contributed by atoms with Gasteiger partial charge in [-0.1, -0.05) is 76.2 Å². The molecular formula is C27H34N2O5. The largest absolute Gasteiger partial charge is 0.481 e. The van der Waals surface area contributed by atoms with Crippen molar-refractivity contribution in [2.45, 2.75) is 65.0 Å². The molecule has 0 bridgehead atoms. The van der Waals surface area contributed by atoms with E-state index in [1.807, 2.05) is 52.0 Å². The number of rotatable bonds is 9. The number of carboxylic acids is 1. The first-order chi connectivity index (χ1) is 16.1. The lowest BCUT2D eigenvalue weighted by Crippen LogP contribution is -2.48. The molecule has 2 aromatic carbocycles. The van der Waals surface area contributed by atoms with Crippen LogP contribution in [0.25, 0.3) is 11.1 Å². The van der Waals surface area contributed by atoms with Crippen LogP contribution < -0.4 is 10.6 Å². The van der Waals surface area contributed by atoms with Gasteiger partial charge in [-0.05, 0) is 34.1 Å². The van der Waals surface area contributed by atoms with Gasteiger partial charge in [-0.2, -0.15) is 0 Å². The minimum Gasteiger partial charge on any atom is -0.481 e. The van der Waals surface area contributed by atoms with E-state index in [1.54, 1.807) is 0 Å². The molecule has 0 fully saturated rings. The SMILES string of the molecule is CCC(CC(=O)O)NC(=O)CC(NC(=O)OCC1c2ccccc2-c2ccccc21)C(C)(C)C. The molecule has 0 aliphatic heterocycles. The van der Waals surface area contributed by atoms with Crippen molar-refractivity contribution in [2.75, 3.05) is 6.61 Å². The summed E-state index contributed by atoms with van der Waals surface area (Å²) in [5.74, 6) is -1.31. The van der Waals surface area contributed by atoms with Gasteiger partial charge >= 0.3 is 12.1 Å². The van der Waals surface area contributed by atoms with Crippen molar-refractivity contribution >= 4 is 18.0 Å². The monoisotopic (exact) mass is 466 g/mol. The summed E-state index contributed by atoms with van der Waals surface area (Å²) >= 11 is 0. The number of amides is 2. The molecule has 3 N–H and O–H groups in total. The van der Waals surface area contributed by atoms with Gasteiger partial charge in [0.15, 0.2) is 0 Å². The Morgan fingerprint density at radius 1 is 0.941 bits per heavy atom. The second kappa shape index (κ2) is 10.7. The van der Waals surface area contributed by atoms with E-state index in [9.17, 15) is 14.4 Å². The second-order valence-electron chi connectivity index (χ2n) is 9.86. The highest BCUT2D eigenvalue weighted by atomic mass is 16.5. The first kappa shape index (κ1) is 25.3. The Morgan fingerprint density at radius 2 is 1.50 bits per heavy atom. The van der Waals surface area contributed by atoms with Crippen LogP contribution in [-0.4, -0.2) is 41.8 Å². The molecule has 34 heavy (non-hydrogen) atoms. The molecule has 2 atom stereocenters. The number of aliphatic carboxylic acids is 1. The van der Waals surface area contributed by atoms with Gasteiger partial charge in [-0.3, -0.25) is 9.59 Å². The van der Waals surface area contributed by atoms with E-state index >= 15 is 0 Å². The van der Waals surface area contributed by atoms with E-state index in [2.05, 4.69) is 34.9 Å². The van der Waals surface area contributed by atoms with Crippen LogP contribution >= 0.6 is 0 Å². The Labute approximate surface area is 200 Å². The number of hydrogen-bond acceptors (Lipinski definition) is 4. The van der Waals surface area contributed by atoms with E-state index in [4.69, 9.17) is 9.84 Å². The Morgan fingerprint density at radius 3 is 2.00 bits per heavy atom. The summed E-state index contributed by atoms with van der Waals surface area (Å²) < 4.78 is 5.64. The molecule has 1 aliphatic rings. The van der Waals surface area contributed by atoms with Gasteiger partial charge in [0.25, 0.3) is 0 Å². The highest BCUT2D eigenvalue weighted by molar-refractivity contribution is 5.80. The van der Waals surface area contributed by atoms with E-state index in [1.165, 1.54) is 0 Å². The van der Waals surface area contributed by atoms with Crippen LogP contribution in [0, 0.1) is 5.41 Å². The third kappa shape index (κ3) is 6.16. The molecule has 0 radical (unpaired) electrons. The number of alkyl carbamates (subject to hydrolysis) is 1. The molecule has 2 unspecified atom stereocenters. The maximum atomic E-state index is 12.7. The molecule has 2 aromatic rings. The van der Waals surface area contributed by atoms with Gasteiger partial charge in [0.05, 0.1) is 6.42 Å². The topological polar surface area (TPSA) is 105 Å². The number of hydrogen-bond donors (Lipinski definition) is 3. The van der Waals surface area contributed by atoms with Crippen molar-refractivity contribution in [1.29, 1.82) is 0 Å². The van der Waals surface area contributed by atoms with Crippen LogP contribution in [0.3, 0.4) is 0 Å². The number of ether oxygens (including phenoxy) is 1. The molecule has 3 rings (SSSR count). The minimum atomic E-state index is -0.962. The number of carbonyl (C=O) groups is 3. The van der Waals surface area contributed by atoms with Crippen molar-refractivity contribution in [3.8, 4) is 11.1 Å². The van der Waals surface area contributed by atoms with E-state index < -0.39 is 29.6 Å². The normalized spacial score (nSPS) is 14.5. The average molecular weight is 467 g/mol. The summed E-state index contributed by atoms with van der Waals surface area (Å²) in [6.45, 7) is 7.82. The van der Waals surface area contributed by atoms with Gasteiger partial charge in [-0.25, -0.2) is 4.79 Å². The predicted octanol–water partition coefficient (Wildman–Crippen LogP) is 4.70. The molecule has 0 spiro atoms. The van der Waals surface area contributed by atoms with E-state index in [0.717, 1.165) is 22.3 Å². The fraction of sp³-hybridized carbons (Fsp3) is 0.444. The molecule has 1 aliphatic carbocycles. The molecule has 7 heteroatoms. The van der Waals surface area contributed by atoms with Gasteiger partial charge in [0.2, 0.25) is 5.91 Å². The smallest absolute Gasteiger partial charge is 0.407 e. The van der Waals surface area contributed by atoms with Crippen LogP contribution in [0.15, 0.2) is 48.5 Å². The number of carbonyl (C=O) groups excluding carboxylic acids is 2. The first-order valence-electron chi connectivity index (χ1n) is 11.7. The van der Waals surface area contributed by atoms with Crippen molar-refractivity contribution in [1.82, 2.24) is 10.6 Å². The maximum absolute atomic E-state index is 12.7. The van der Waals surface area contributed by atoms with Gasteiger partial charge in [-0.15, -0.1) is 0 Å². The first-order valence-corrected chi connectivity index (χ1v) is 11.7. The Hall–Kier alpha value is -3.35. The minimum absolute atomic E-state index is 0.0316. The third-order valence-corrected chi connectivity index (χ3v) is 6.35. The summed E-state index contributed by atoms with van der Waals surface area (Å²) in [4.78, 5) is 36.3. The average Bonchev–Trinajstić information content (AvgIpc) is 3.09. The lowest BCUT2D eigenvalue weighted by atomic mass is 9.84. The Kier molecular flexibility index (Phi) is 7.97. The highest BCUT2D eigenvalue weighted by Gasteiger charge is 2.32. The molecule has 182 valence electrons. The van der Waals surface area contributed by atoms with E-state index in [-0.39, 0.29) is 31.3 Å². The summed E-state index contributed by atoms with van der Waals surface area (Å²) in [5.41, 5.74) is 4.17. The highest BCUT2D eigenvalue weighted by Crippen LogP contribution is 2.44. The molecule has 0 saturated heterocycles. The molecule has 0 aromatic heterocycles. The summed E-state index contributed by atoms with van der Waals surface area (Å²) in [6, 6.07) is 15.3. The number of benzene rings is 2. The molecule has 0 saturated carbocycles. The summed E-state index contributed by atoms with van der Waals surface area (Å²) in [6.07, 6.45) is -0.170. The molecule has 0 heterocycles. The van der Waals surface area contributed by atoms with Gasteiger partial charge < -0.3 is 20.5 Å². The van der Waals surface area contributed by atoms with Crippen molar-refractivity contribution in [3.05, 3.63) is 59.7 Å². The second-order valence-corrected chi connectivity index (χ2v) is 9.86. The molecule has 2 amide bonds. The summed E-state index contributed by atoms with van der Waals surface area (Å²) in [5, 5.41) is 14.6. The van der Waals surface area contributed by atoms with E-state index in [0.29, 0.717) is 6.42 Å². The van der Waals surface area contributed by atoms with Crippen LogP contribution in [0.4, 0.5) is 4.79 Å². The predicted molar refractivity (Wildman–Crippen MR) is 131 cm³/mol. The molecular weight excluding hydrogens is 432 g/mol. The standard InChI is InChI=1S/C27H34N2O5/c1-5-17(14-25(31)32)28-24(30)15-23(27(2,3)4)29-26(33)34-16-22-20-12-8-6-10-18(20)19-11-7-9-13-21(19)22/h6-13,17,22-23H,5,14-16H2,1-4H3,(H,28,30)(H,29,33)(H,31,32). The Balaban J connectivity index is 1.63. The zero-order chi connectivity index (χ0) is 24.9. The van der Waals surface area contributed by atoms with Crippen LogP contribution in [0.1, 0.15) is 64.0 Å². The number of fused-ring (bicyclic) bond motifs is 3. The van der Waals surface area contributed by atoms with Crippen molar-refractivity contribution in [2.24, 2.45) is 5.41 Å². The quantitative estimate of drug-likeness (QED) is 0.497. The zero-order valence-corrected chi connectivity index (χ0v) is 20.3.